The number of aromatic nitrogens is 3. The van der Waals surface area contributed by atoms with Crippen LogP contribution in [0.4, 0.5) is 0 Å². The van der Waals surface area contributed by atoms with Crippen molar-refractivity contribution in [3.05, 3.63) is 76.3 Å². The van der Waals surface area contributed by atoms with Crippen molar-refractivity contribution in [3.8, 4) is 5.75 Å². The number of halogens is 2. The van der Waals surface area contributed by atoms with Crippen molar-refractivity contribution >= 4 is 40.8 Å². The van der Waals surface area contributed by atoms with Gasteiger partial charge in [0.2, 0.25) is 5.78 Å². The SMILES string of the molecule is COc1ccccc1C=C(C(=O)c1ccc(Cl)cc1Cl)n1cncn1. The van der Waals surface area contributed by atoms with E-state index in [4.69, 9.17) is 27.9 Å². The third kappa shape index (κ3) is 3.73. The van der Waals surface area contributed by atoms with Crippen LogP contribution in [0.3, 0.4) is 0 Å². The third-order valence-electron chi connectivity index (χ3n) is 3.51. The summed E-state index contributed by atoms with van der Waals surface area (Å²) >= 11 is 12.1. The quantitative estimate of drug-likeness (QED) is 0.488. The number of methoxy groups -OCH3 is 1. The van der Waals surface area contributed by atoms with Crippen LogP contribution in [0.15, 0.2) is 55.1 Å². The average Bonchev–Trinajstić information content (AvgIpc) is 3.13. The zero-order valence-corrected chi connectivity index (χ0v) is 14.7. The Hall–Kier alpha value is -2.63. The lowest BCUT2D eigenvalue weighted by Gasteiger charge is -2.10. The van der Waals surface area contributed by atoms with Crippen molar-refractivity contribution in [1.82, 2.24) is 14.8 Å². The molecule has 0 amide bonds. The average molecular weight is 374 g/mol. The third-order valence-corrected chi connectivity index (χ3v) is 4.05. The Morgan fingerprint density at radius 2 is 2.00 bits per heavy atom. The number of carbonyl (C=O) groups excluding carboxylic acids is 1. The van der Waals surface area contributed by atoms with Crippen LogP contribution in [0.5, 0.6) is 5.75 Å². The summed E-state index contributed by atoms with van der Waals surface area (Å²) in [5.41, 5.74) is 1.34. The lowest BCUT2D eigenvalue weighted by molar-refractivity contribution is 0.105. The van der Waals surface area contributed by atoms with E-state index < -0.39 is 0 Å². The van der Waals surface area contributed by atoms with E-state index in [0.29, 0.717) is 16.3 Å². The molecule has 3 aromatic rings. The lowest BCUT2D eigenvalue weighted by Crippen LogP contribution is -2.10. The van der Waals surface area contributed by atoms with Crippen LogP contribution >= 0.6 is 23.2 Å². The standard InChI is InChI=1S/C18H13Cl2N3O2/c1-25-17-5-3-2-4-12(17)8-16(23-11-21-10-22-23)18(24)14-7-6-13(19)9-15(14)20/h2-11H,1H3. The Morgan fingerprint density at radius 3 is 2.68 bits per heavy atom. The number of nitrogens with zero attached hydrogens (tertiary/aromatic N) is 3. The fourth-order valence-electron chi connectivity index (χ4n) is 2.31. The number of ether oxygens (including phenoxy) is 1. The van der Waals surface area contributed by atoms with Gasteiger partial charge in [-0.05, 0) is 30.3 Å². The Labute approximate surface area is 154 Å². The summed E-state index contributed by atoms with van der Waals surface area (Å²) in [6, 6.07) is 12.1. The summed E-state index contributed by atoms with van der Waals surface area (Å²) in [5.74, 6) is 0.327. The molecule has 0 aliphatic rings. The number of para-hydroxylation sites is 1. The molecule has 0 aliphatic carbocycles. The van der Waals surface area contributed by atoms with Gasteiger partial charge in [0.15, 0.2) is 0 Å². The Balaban J connectivity index is 2.13. The second kappa shape index (κ2) is 7.51. The number of allylic oxidation sites excluding steroid dienone is 1. The molecule has 0 saturated heterocycles. The van der Waals surface area contributed by atoms with Crippen LogP contribution in [-0.2, 0) is 0 Å². The molecule has 0 aliphatic heterocycles. The largest absolute Gasteiger partial charge is 0.496 e. The van der Waals surface area contributed by atoms with Crippen molar-refractivity contribution in [2.45, 2.75) is 0 Å². The van der Waals surface area contributed by atoms with Gasteiger partial charge in [0.05, 0.1) is 12.1 Å². The smallest absolute Gasteiger partial charge is 0.212 e. The van der Waals surface area contributed by atoms with Crippen LogP contribution in [-0.4, -0.2) is 27.7 Å². The highest BCUT2D eigenvalue weighted by molar-refractivity contribution is 6.40. The zero-order valence-electron chi connectivity index (χ0n) is 13.2. The summed E-state index contributed by atoms with van der Waals surface area (Å²) in [6.45, 7) is 0. The molecule has 5 nitrogen and oxygen atoms in total. The fraction of sp³-hybridized carbons (Fsp3) is 0.0556. The maximum Gasteiger partial charge on any atom is 0.212 e. The molecule has 25 heavy (non-hydrogen) atoms. The summed E-state index contributed by atoms with van der Waals surface area (Å²) < 4.78 is 6.73. The number of hydrogen-bond donors (Lipinski definition) is 0. The van der Waals surface area contributed by atoms with Crippen LogP contribution < -0.4 is 4.74 Å². The molecular formula is C18H13Cl2N3O2. The molecule has 1 heterocycles. The second-order valence-electron chi connectivity index (χ2n) is 5.06. The predicted molar refractivity (Wildman–Crippen MR) is 98.0 cm³/mol. The normalized spacial score (nSPS) is 11.4. The highest BCUT2D eigenvalue weighted by atomic mass is 35.5. The molecule has 0 radical (unpaired) electrons. The minimum absolute atomic E-state index is 0.267. The van der Waals surface area contributed by atoms with Gasteiger partial charge >= 0.3 is 0 Å². The van der Waals surface area contributed by atoms with Gasteiger partial charge in [0.25, 0.3) is 0 Å². The van der Waals surface area contributed by atoms with E-state index in [1.807, 2.05) is 24.3 Å². The van der Waals surface area contributed by atoms with Crippen molar-refractivity contribution in [3.63, 3.8) is 0 Å². The molecule has 0 saturated carbocycles. The van der Waals surface area contributed by atoms with Crippen molar-refractivity contribution in [1.29, 1.82) is 0 Å². The van der Waals surface area contributed by atoms with E-state index in [1.165, 1.54) is 23.4 Å². The zero-order chi connectivity index (χ0) is 17.8. The van der Waals surface area contributed by atoms with Gasteiger partial charge in [-0.15, -0.1) is 0 Å². The highest BCUT2D eigenvalue weighted by Gasteiger charge is 2.19. The lowest BCUT2D eigenvalue weighted by atomic mass is 10.1. The van der Waals surface area contributed by atoms with Crippen LogP contribution in [0.1, 0.15) is 15.9 Å². The Bertz CT molecular complexity index is 937. The predicted octanol–water partition coefficient (Wildman–Crippen LogP) is 4.47. The van der Waals surface area contributed by atoms with Crippen molar-refractivity contribution in [2.24, 2.45) is 0 Å². The first kappa shape index (κ1) is 17.2. The first-order chi connectivity index (χ1) is 12.1. The van der Waals surface area contributed by atoms with Gasteiger partial charge in [-0.1, -0.05) is 41.4 Å². The molecular weight excluding hydrogens is 361 g/mol. The van der Waals surface area contributed by atoms with Gasteiger partial charge in [-0.25, -0.2) is 9.67 Å². The molecule has 0 N–H and O–H groups in total. The van der Waals surface area contributed by atoms with Crippen LogP contribution in [0, 0.1) is 0 Å². The maximum absolute atomic E-state index is 13.1. The van der Waals surface area contributed by atoms with Gasteiger partial charge in [0, 0.05) is 16.1 Å². The Morgan fingerprint density at radius 1 is 1.20 bits per heavy atom. The maximum atomic E-state index is 13.1. The molecule has 3 rings (SSSR count). The summed E-state index contributed by atoms with van der Waals surface area (Å²) in [7, 11) is 1.57. The van der Waals surface area contributed by atoms with Gasteiger partial charge in [-0.3, -0.25) is 4.79 Å². The number of carbonyl (C=O) groups is 1. The highest BCUT2D eigenvalue weighted by Crippen LogP contribution is 2.27. The topological polar surface area (TPSA) is 57.0 Å². The number of hydrogen-bond acceptors (Lipinski definition) is 4. The minimum atomic E-state index is -0.307. The fourth-order valence-corrected chi connectivity index (χ4v) is 2.81. The number of ketones is 1. The molecule has 1 aromatic heterocycles. The molecule has 0 bridgehead atoms. The van der Waals surface area contributed by atoms with Gasteiger partial charge < -0.3 is 4.74 Å². The molecule has 2 aromatic carbocycles. The second-order valence-corrected chi connectivity index (χ2v) is 5.91. The monoisotopic (exact) mass is 373 g/mol. The molecule has 126 valence electrons. The van der Waals surface area contributed by atoms with Crippen LogP contribution in [0.25, 0.3) is 11.8 Å². The van der Waals surface area contributed by atoms with Crippen molar-refractivity contribution < 1.29 is 9.53 Å². The molecule has 0 spiro atoms. The number of rotatable bonds is 5. The molecule has 7 heteroatoms. The number of Topliss-reactive ketones (excluding diaryl/α,β-unsaturated/α-hetero) is 1. The van der Waals surface area contributed by atoms with E-state index in [9.17, 15) is 4.79 Å². The van der Waals surface area contributed by atoms with Crippen molar-refractivity contribution in [2.75, 3.05) is 7.11 Å². The van der Waals surface area contributed by atoms with Gasteiger partial charge in [-0.2, -0.15) is 5.10 Å². The van der Waals surface area contributed by atoms with E-state index in [1.54, 1.807) is 25.3 Å². The number of benzene rings is 2. The first-order valence-corrected chi connectivity index (χ1v) is 8.05. The van der Waals surface area contributed by atoms with E-state index in [2.05, 4.69) is 10.1 Å². The minimum Gasteiger partial charge on any atom is -0.496 e. The molecule has 0 fully saturated rings. The van der Waals surface area contributed by atoms with Crippen LogP contribution in [0.2, 0.25) is 10.0 Å². The molecule has 0 atom stereocenters. The first-order valence-electron chi connectivity index (χ1n) is 7.29. The van der Waals surface area contributed by atoms with E-state index in [-0.39, 0.29) is 16.5 Å². The summed E-state index contributed by atoms with van der Waals surface area (Å²) in [5, 5.41) is 4.79. The molecule has 0 unspecified atom stereocenters. The summed E-state index contributed by atoms with van der Waals surface area (Å²) in [6.07, 6.45) is 4.48. The van der Waals surface area contributed by atoms with E-state index >= 15 is 0 Å². The van der Waals surface area contributed by atoms with Gasteiger partial charge in [0.1, 0.15) is 24.1 Å². The summed E-state index contributed by atoms with van der Waals surface area (Å²) in [4.78, 5) is 17.0. The Kier molecular flexibility index (Phi) is 5.16. The van der Waals surface area contributed by atoms with E-state index in [0.717, 1.165) is 5.56 Å².